The summed E-state index contributed by atoms with van der Waals surface area (Å²) in [6, 6.07) is 14.6. The minimum Gasteiger partial charge on any atom is -0.507 e. The van der Waals surface area contributed by atoms with Crippen LogP contribution in [0.3, 0.4) is 0 Å². The lowest BCUT2D eigenvalue weighted by molar-refractivity contribution is 0.304. The van der Waals surface area contributed by atoms with Crippen molar-refractivity contribution in [3.05, 3.63) is 70.0 Å². The van der Waals surface area contributed by atoms with Gasteiger partial charge >= 0.3 is 0 Å². The molecule has 4 heteroatoms. The van der Waals surface area contributed by atoms with Crippen LogP contribution in [0.2, 0.25) is 0 Å². The van der Waals surface area contributed by atoms with E-state index in [2.05, 4.69) is 4.98 Å². The standard InChI is InChI=1S/C17H15NO3/c1-11-7-13-14(18-17(20)9-15(13)19)8-16(11)21-10-12-5-3-2-4-6-12/h2-9H,10H2,1H3,(H2,18,19,20). The van der Waals surface area contributed by atoms with E-state index in [1.54, 1.807) is 12.1 Å². The van der Waals surface area contributed by atoms with Gasteiger partial charge in [-0.2, -0.15) is 0 Å². The molecule has 0 unspecified atom stereocenters. The van der Waals surface area contributed by atoms with E-state index in [0.717, 1.165) is 11.1 Å². The number of ether oxygens (including phenoxy) is 1. The number of aryl methyl sites for hydroxylation is 1. The Hall–Kier alpha value is -2.75. The lowest BCUT2D eigenvalue weighted by Gasteiger charge is -2.11. The number of aromatic hydroxyl groups is 1. The van der Waals surface area contributed by atoms with E-state index in [1.165, 1.54) is 6.07 Å². The molecule has 0 aliphatic rings. The fourth-order valence-corrected chi connectivity index (χ4v) is 2.26. The van der Waals surface area contributed by atoms with E-state index in [-0.39, 0.29) is 11.3 Å². The van der Waals surface area contributed by atoms with Crippen molar-refractivity contribution in [3.63, 3.8) is 0 Å². The van der Waals surface area contributed by atoms with E-state index in [1.807, 2.05) is 37.3 Å². The van der Waals surface area contributed by atoms with Crippen LogP contribution in [0.4, 0.5) is 0 Å². The van der Waals surface area contributed by atoms with Gasteiger partial charge in [0.05, 0.1) is 5.52 Å². The minimum absolute atomic E-state index is 0.0218. The molecule has 2 aromatic carbocycles. The Morgan fingerprint density at radius 2 is 1.90 bits per heavy atom. The molecule has 106 valence electrons. The largest absolute Gasteiger partial charge is 0.507 e. The van der Waals surface area contributed by atoms with Gasteiger partial charge in [0.2, 0.25) is 0 Å². The Kier molecular flexibility index (Phi) is 3.36. The average molecular weight is 281 g/mol. The third-order valence-electron chi connectivity index (χ3n) is 3.35. The summed E-state index contributed by atoms with van der Waals surface area (Å²) in [5.74, 6) is 0.666. The number of H-pyrrole nitrogens is 1. The Bertz CT molecular complexity index is 838. The molecule has 0 spiro atoms. The highest BCUT2D eigenvalue weighted by Crippen LogP contribution is 2.28. The maximum atomic E-state index is 11.4. The van der Waals surface area contributed by atoms with Crippen LogP contribution in [0.5, 0.6) is 11.5 Å². The fourth-order valence-electron chi connectivity index (χ4n) is 2.26. The summed E-state index contributed by atoms with van der Waals surface area (Å²) in [7, 11) is 0. The molecule has 1 aromatic heterocycles. The lowest BCUT2D eigenvalue weighted by atomic mass is 10.1. The summed E-state index contributed by atoms with van der Waals surface area (Å²) in [4.78, 5) is 14.1. The van der Waals surface area contributed by atoms with Crippen molar-refractivity contribution in [3.8, 4) is 11.5 Å². The molecule has 0 bridgehead atoms. The molecule has 21 heavy (non-hydrogen) atoms. The second-order valence-electron chi connectivity index (χ2n) is 4.96. The maximum Gasteiger partial charge on any atom is 0.252 e. The van der Waals surface area contributed by atoms with Crippen LogP contribution in [0.1, 0.15) is 11.1 Å². The van der Waals surface area contributed by atoms with Gasteiger partial charge in [-0.25, -0.2) is 0 Å². The predicted molar refractivity (Wildman–Crippen MR) is 81.7 cm³/mol. The zero-order valence-corrected chi connectivity index (χ0v) is 11.6. The van der Waals surface area contributed by atoms with E-state index in [0.29, 0.717) is 23.3 Å². The highest BCUT2D eigenvalue weighted by molar-refractivity contribution is 5.86. The normalized spacial score (nSPS) is 10.7. The number of pyridine rings is 1. The van der Waals surface area contributed by atoms with Gasteiger partial charge in [0.1, 0.15) is 18.1 Å². The zero-order valence-electron chi connectivity index (χ0n) is 11.6. The smallest absolute Gasteiger partial charge is 0.252 e. The summed E-state index contributed by atoms with van der Waals surface area (Å²) >= 11 is 0. The zero-order chi connectivity index (χ0) is 14.8. The van der Waals surface area contributed by atoms with E-state index < -0.39 is 0 Å². The average Bonchev–Trinajstić information content (AvgIpc) is 2.47. The molecule has 0 saturated heterocycles. The number of hydrogen-bond donors (Lipinski definition) is 2. The highest BCUT2D eigenvalue weighted by atomic mass is 16.5. The van der Waals surface area contributed by atoms with Gasteiger partial charge in [-0.15, -0.1) is 0 Å². The molecule has 0 atom stereocenters. The van der Waals surface area contributed by atoms with E-state index in [4.69, 9.17) is 4.74 Å². The first-order chi connectivity index (χ1) is 10.1. The van der Waals surface area contributed by atoms with Crippen molar-refractivity contribution >= 4 is 10.9 Å². The molecule has 3 aromatic rings. The lowest BCUT2D eigenvalue weighted by Crippen LogP contribution is -2.04. The van der Waals surface area contributed by atoms with E-state index >= 15 is 0 Å². The minimum atomic E-state index is -0.335. The molecule has 2 N–H and O–H groups in total. The molecular formula is C17H15NO3. The Balaban J connectivity index is 1.95. The third kappa shape index (κ3) is 2.74. The monoisotopic (exact) mass is 281 g/mol. The molecule has 0 saturated carbocycles. The first-order valence-corrected chi connectivity index (χ1v) is 6.67. The van der Waals surface area contributed by atoms with Crippen LogP contribution in [0.15, 0.2) is 53.3 Å². The number of benzene rings is 2. The first kappa shape index (κ1) is 13.2. The summed E-state index contributed by atoms with van der Waals surface area (Å²) in [6.07, 6.45) is 0. The second kappa shape index (κ2) is 5.32. The van der Waals surface area contributed by atoms with Gasteiger partial charge in [0.15, 0.2) is 0 Å². The van der Waals surface area contributed by atoms with Gasteiger partial charge in [-0.05, 0) is 24.1 Å². The van der Waals surface area contributed by atoms with Crippen LogP contribution < -0.4 is 10.3 Å². The second-order valence-corrected chi connectivity index (χ2v) is 4.96. The number of nitrogens with one attached hydrogen (secondary N) is 1. The molecule has 0 radical (unpaired) electrons. The summed E-state index contributed by atoms with van der Waals surface area (Å²) < 4.78 is 5.81. The maximum absolute atomic E-state index is 11.4. The summed E-state index contributed by atoms with van der Waals surface area (Å²) in [5.41, 5.74) is 2.20. The number of fused-ring (bicyclic) bond motifs is 1. The molecule has 3 rings (SSSR count). The summed E-state index contributed by atoms with van der Waals surface area (Å²) in [6.45, 7) is 2.36. The number of hydrogen-bond acceptors (Lipinski definition) is 3. The molecular weight excluding hydrogens is 266 g/mol. The predicted octanol–water partition coefficient (Wildman–Crippen LogP) is 3.12. The van der Waals surface area contributed by atoms with Crippen LogP contribution in [-0.2, 0) is 6.61 Å². The molecule has 4 nitrogen and oxygen atoms in total. The van der Waals surface area contributed by atoms with Gasteiger partial charge in [-0.1, -0.05) is 30.3 Å². The van der Waals surface area contributed by atoms with E-state index in [9.17, 15) is 9.90 Å². The van der Waals surface area contributed by atoms with Crippen molar-refractivity contribution in [1.82, 2.24) is 4.98 Å². The first-order valence-electron chi connectivity index (χ1n) is 6.67. The molecule has 0 aliphatic carbocycles. The molecule has 0 amide bonds. The number of rotatable bonds is 3. The Morgan fingerprint density at radius 1 is 1.14 bits per heavy atom. The quantitative estimate of drug-likeness (QED) is 0.775. The Morgan fingerprint density at radius 3 is 2.67 bits per heavy atom. The summed E-state index contributed by atoms with van der Waals surface area (Å²) in [5, 5.41) is 10.4. The SMILES string of the molecule is Cc1cc2c(O)cc(=O)[nH]c2cc1OCc1ccccc1. The Labute approximate surface area is 121 Å². The third-order valence-corrected chi connectivity index (χ3v) is 3.35. The van der Waals surface area contributed by atoms with Crippen molar-refractivity contribution in [2.75, 3.05) is 0 Å². The van der Waals surface area contributed by atoms with Gasteiger partial charge in [0, 0.05) is 17.5 Å². The molecule has 1 heterocycles. The highest BCUT2D eigenvalue weighted by Gasteiger charge is 2.07. The fraction of sp³-hybridized carbons (Fsp3) is 0.118. The van der Waals surface area contributed by atoms with Crippen molar-refractivity contribution in [2.24, 2.45) is 0 Å². The van der Waals surface area contributed by atoms with Crippen LogP contribution in [0, 0.1) is 6.92 Å². The molecule has 0 fully saturated rings. The topological polar surface area (TPSA) is 62.3 Å². The van der Waals surface area contributed by atoms with Crippen LogP contribution >= 0.6 is 0 Å². The van der Waals surface area contributed by atoms with Gasteiger partial charge in [-0.3, -0.25) is 4.79 Å². The van der Waals surface area contributed by atoms with Crippen molar-refractivity contribution in [1.29, 1.82) is 0 Å². The van der Waals surface area contributed by atoms with Crippen molar-refractivity contribution < 1.29 is 9.84 Å². The number of aromatic amines is 1. The van der Waals surface area contributed by atoms with Gasteiger partial charge < -0.3 is 14.8 Å². The molecule has 0 aliphatic heterocycles. The van der Waals surface area contributed by atoms with Gasteiger partial charge in [0.25, 0.3) is 5.56 Å². The number of aromatic nitrogens is 1. The van der Waals surface area contributed by atoms with Crippen molar-refractivity contribution in [2.45, 2.75) is 13.5 Å². The van der Waals surface area contributed by atoms with Crippen LogP contribution in [0.25, 0.3) is 10.9 Å². The van der Waals surface area contributed by atoms with Crippen LogP contribution in [-0.4, -0.2) is 10.1 Å².